The lowest BCUT2D eigenvalue weighted by Crippen LogP contribution is -2.16. The van der Waals surface area contributed by atoms with Crippen LogP contribution in [0.2, 0.25) is 0 Å². The van der Waals surface area contributed by atoms with Crippen LogP contribution in [0.4, 0.5) is 0 Å². The number of aryl methyl sites for hydroxylation is 1. The number of hydrogen-bond donors (Lipinski definition) is 1. The van der Waals surface area contributed by atoms with Gasteiger partial charge in [-0.15, -0.1) is 0 Å². The molecule has 28 heavy (non-hydrogen) atoms. The number of primary amides is 1. The molecule has 1 amide bonds. The van der Waals surface area contributed by atoms with Gasteiger partial charge < -0.3 is 24.4 Å². The number of nitrogens with two attached hydrogens (primary N) is 1. The van der Waals surface area contributed by atoms with Crippen molar-refractivity contribution in [2.75, 3.05) is 21.3 Å². The van der Waals surface area contributed by atoms with Gasteiger partial charge in [0.25, 0.3) is 5.91 Å². The molecule has 2 aromatic carbocycles. The molecule has 0 fully saturated rings. The van der Waals surface area contributed by atoms with E-state index in [-0.39, 0.29) is 22.3 Å². The summed E-state index contributed by atoms with van der Waals surface area (Å²) in [5, 5.41) is 0.299. The number of benzene rings is 2. The van der Waals surface area contributed by atoms with E-state index in [0.717, 1.165) is 5.56 Å². The fourth-order valence-corrected chi connectivity index (χ4v) is 3.18. The highest BCUT2D eigenvalue weighted by Gasteiger charge is 2.20. The average molecular weight is 383 g/mol. The molecule has 2 N–H and O–H groups in total. The van der Waals surface area contributed by atoms with Gasteiger partial charge in [0.15, 0.2) is 22.5 Å². The van der Waals surface area contributed by atoms with Crippen LogP contribution >= 0.6 is 0 Å². The van der Waals surface area contributed by atoms with Crippen LogP contribution in [-0.2, 0) is 0 Å². The lowest BCUT2D eigenvalue weighted by Gasteiger charge is -2.15. The molecule has 1 heterocycles. The third-order valence-electron chi connectivity index (χ3n) is 4.73. The molecule has 0 aliphatic rings. The Bertz CT molecular complexity index is 1120. The maximum Gasteiger partial charge on any atom is 0.252 e. The van der Waals surface area contributed by atoms with Crippen LogP contribution in [-0.4, -0.2) is 27.2 Å². The van der Waals surface area contributed by atoms with E-state index < -0.39 is 5.91 Å². The lowest BCUT2D eigenvalue weighted by molar-refractivity contribution is 0.1000. The number of fused-ring (bicyclic) bond motifs is 1. The summed E-state index contributed by atoms with van der Waals surface area (Å²) < 4.78 is 22.0. The first-order chi connectivity index (χ1) is 13.3. The first kappa shape index (κ1) is 19.3. The number of methoxy groups -OCH3 is 3. The highest BCUT2D eigenvalue weighted by molar-refractivity contribution is 6.06. The van der Waals surface area contributed by atoms with E-state index in [1.54, 1.807) is 25.1 Å². The Morgan fingerprint density at radius 3 is 2.07 bits per heavy atom. The minimum Gasteiger partial charge on any atom is -0.493 e. The standard InChI is InChI=1S/C21H21NO6/c1-10-6-13-14(23)9-15(28-19(13)18(11(10)2)21(22)24)12-7-16(25-3)20(27-5)17(8-12)26-4/h6-9H,1-5H3,(H2,22,24). The van der Waals surface area contributed by atoms with Gasteiger partial charge in [-0.25, -0.2) is 0 Å². The minimum atomic E-state index is -0.656. The van der Waals surface area contributed by atoms with Gasteiger partial charge in [-0.05, 0) is 43.2 Å². The zero-order chi connectivity index (χ0) is 20.6. The van der Waals surface area contributed by atoms with Crippen molar-refractivity contribution in [3.63, 3.8) is 0 Å². The lowest BCUT2D eigenvalue weighted by atomic mass is 9.98. The molecule has 0 aliphatic carbocycles. The summed E-state index contributed by atoms with van der Waals surface area (Å²) in [7, 11) is 4.49. The average Bonchev–Trinajstić information content (AvgIpc) is 2.67. The van der Waals surface area contributed by atoms with E-state index in [4.69, 9.17) is 24.4 Å². The molecule has 3 rings (SSSR count). The minimum absolute atomic E-state index is 0.159. The van der Waals surface area contributed by atoms with Crippen molar-refractivity contribution in [3.8, 4) is 28.6 Å². The van der Waals surface area contributed by atoms with Crippen LogP contribution in [0.15, 0.2) is 33.5 Å². The zero-order valence-corrected chi connectivity index (χ0v) is 16.3. The maximum atomic E-state index is 12.7. The molecule has 0 unspecified atom stereocenters. The fourth-order valence-electron chi connectivity index (χ4n) is 3.18. The molecule has 7 nitrogen and oxygen atoms in total. The number of hydrogen-bond acceptors (Lipinski definition) is 6. The molecule has 0 aliphatic heterocycles. The Labute approximate surface area is 161 Å². The second kappa shape index (κ2) is 7.26. The molecule has 7 heteroatoms. The summed E-state index contributed by atoms with van der Waals surface area (Å²) in [6.07, 6.45) is 0. The van der Waals surface area contributed by atoms with Crippen molar-refractivity contribution in [2.45, 2.75) is 13.8 Å². The van der Waals surface area contributed by atoms with Crippen molar-refractivity contribution < 1.29 is 23.4 Å². The molecule has 0 bridgehead atoms. The largest absolute Gasteiger partial charge is 0.493 e. The smallest absolute Gasteiger partial charge is 0.252 e. The highest BCUT2D eigenvalue weighted by atomic mass is 16.5. The van der Waals surface area contributed by atoms with E-state index in [1.165, 1.54) is 27.4 Å². The molecule has 1 aromatic heterocycles. The number of rotatable bonds is 5. The Hall–Kier alpha value is -3.48. The van der Waals surface area contributed by atoms with E-state index in [1.807, 2.05) is 6.92 Å². The monoisotopic (exact) mass is 383 g/mol. The van der Waals surface area contributed by atoms with Crippen LogP contribution in [0.1, 0.15) is 21.5 Å². The van der Waals surface area contributed by atoms with E-state index in [2.05, 4.69) is 0 Å². The van der Waals surface area contributed by atoms with Gasteiger partial charge >= 0.3 is 0 Å². The summed E-state index contributed by atoms with van der Waals surface area (Å²) in [4.78, 5) is 24.8. The summed E-state index contributed by atoms with van der Waals surface area (Å²) in [6, 6.07) is 6.39. The van der Waals surface area contributed by atoms with E-state index in [0.29, 0.717) is 33.8 Å². The van der Waals surface area contributed by atoms with Crippen molar-refractivity contribution in [2.24, 2.45) is 5.73 Å². The molecular formula is C21H21NO6. The first-order valence-corrected chi connectivity index (χ1v) is 8.50. The fraction of sp³-hybridized carbons (Fsp3) is 0.238. The topological polar surface area (TPSA) is 101 Å². The van der Waals surface area contributed by atoms with Gasteiger partial charge in [0.2, 0.25) is 5.75 Å². The zero-order valence-electron chi connectivity index (χ0n) is 16.3. The van der Waals surface area contributed by atoms with Crippen molar-refractivity contribution in [1.82, 2.24) is 0 Å². The predicted molar refractivity (Wildman–Crippen MR) is 106 cm³/mol. The van der Waals surface area contributed by atoms with Crippen LogP contribution in [0.25, 0.3) is 22.3 Å². The van der Waals surface area contributed by atoms with Gasteiger partial charge in [-0.1, -0.05) is 0 Å². The Balaban J connectivity index is 2.37. The molecule has 146 valence electrons. The van der Waals surface area contributed by atoms with Gasteiger partial charge in [-0.2, -0.15) is 0 Å². The summed E-state index contributed by atoms with van der Waals surface area (Å²) in [5.41, 5.74) is 7.62. The Morgan fingerprint density at radius 2 is 1.57 bits per heavy atom. The van der Waals surface area contributed by atoms with Gasteiger partial charge in [0.05, 0.1) is 32.3 Å². The van der Waals surface area contributed by atoms with Crippen LogP contribution < -0.4 is 25.4 Å². The van der Waals surface area contributed by atoms with Gasteiger partial charge in [0.1, 0.15) is 5.76 Å². The molecule has 0 saturated heterocycles. The Kier molecular flexibility index (Phi) is 5.00. The number of carbonyl (C=O) groups is 1. The third-order valence-corrected chi connectivity index (χ3v) is 4.73. The van der Waals surface area contributed by atoms with Crippen molar-refractivity contribution in [1.29, 1.82) is 0 Å². The normalized spacial score (nSPS) is 10.8. The van der Waals surface area contributed by atoms with Crippen LogP contribution in [0, 0.1) is 13.8 Å². The van der Waals surface area contributed by atoms with E-state index >= 15 is 0 Å². The molecule has 0 saturated carbocycles. The van der Waals surface area contributed by atoms with Gasteiger partial charge in [0, 0.05) is 11.6 Å². The number of carbonyl (C=O) groups excluding carboxylic acids is 1. The Morgan fingerprint density at radius 1 is 0.964 bits per heavy atom. The van der Waals surface area contributed by atoms with Gasteiger partial charge in [-0.3, -0.25) is 9.59 Å². The molecule has 0 atom stereocenters. The molecule has 0 spiro atoms. The first-order valence-electron chi connectivity index (χ1n) is 8.50. The number of amides is 1. The predicted octanol–water partition coefficient (Wildman–Crippen LogP) is 3.20. The van der Waals surface area contributed by atoms with E-state index in [9.17, 15) is 9.59 Å². The quantitative estimate of drug-likeness (QED) is 0.726. The number of ether oxygens (including phenoxy) is 3. The molecular weight excluding hydrogens is 362 g/mol. The summed E-state index contributed by atoms with van der Waals surface area (Å²) >= 11 is 0. The highest BCUT2D eigenvalue weighted by Crippen LogP contribution is 2.41. The van der Waals surface area contributed by atoms with Crippen molar-refractivity contribution >= 4 is 16.9 Å². The second-order valence-electron chi connectivity index (χ2n) is 6.32. The van der Waals surface area contributed by atoms with Crippen molar-refractivity contribution in [3.05, 3.63) is 51.2 Å². The second-order valence-corrected chi connectivity index (χ2v) is 6.32. The molecule has 3 aromatic rings. The van der Waals surface area contributed by atoms with Crippen LogP contribution in [0.3, 0.4) is 0 Å². The van der Waals surface area contributed by atoms with Crippen LogP contribution in [0.5, 0.6) is 17.2 Å². The maximum absolute atomic E-state index is 12.7. The summed E-state index contributed by atoms with van der Waals surface area (Å²) in [6.45, 7) is 3.58. The SMILES string of the molecule is COc1cc(-c2cc(=O)c3cc(C)c(C)c(C(N)=O)c3o2)cc(OC)c1OC. The summed E-state index contributed by atoms with van der Waals surface area (Å²) in [5.74, 6) is 0.838. The third kappa shape index (κ3) is 3.05. The molecule has 0 radical (unpaired) electrons.